The summed E-state index contributed by atoms with van der Waals surface area (Å²) < 4.78 is 13.4. The number of carboxylic acids is 1. The molecule has 2 atom stereocenters. The van der Waals surface area contributed by atoms with Crippen LogP contribution < -0.4 is 5.32 Å². The molecule has 0 aromatic heterocycles. The Morgan fingerprint density at radius 1 is 1.26 bits per heavy atom. The summed E-state index contributed by atoms with van der Waals surface area (Å²) in [7, 11) is 0. The molecule has 0 saturated heterocycles. The third-order valence-electron chi connectivity index (χ3n) is 2.87. The maximum Gasteiger partial charge on any atom is 0.320 e. The molecule has 1 aromatic rings. The highest BCUT2D eigenvalue weighted by molar-refractivity contribution is 6.35. The van der Waals surface area contributed by atoms with Gasteiger partial charge in [0, 0.05) is 11.1 Å². The summed E-state index contributed by atoms with van der Waals surface area (Å²) in [5.74, 6) is -1.63. The number of aliphatic carboxylic acids is 1. The van der Waals surface area contributed by atoms with Crippen LogP contribution in [-0.2, 0) is 4.79 Å². The Morgan fingerprint density at radius 2 is 1.84 bits per heavy atom. The SMILES string of the molecule is CC(NC(C(=O)O)C(C)C)c1cc(F)c(Cl)cc1Cl. The van der Waals surface area contributed by atoms with Crippen molar-refractivity contribution in [2.45, 2.75) is 32.9 Å². The molecule has 106 valence electrons. The van der Waals surface area contributed by atoms with Gasteiger partial charge in [-0.1, -0.05) is 37.0 Å². The van der Waals surface area contributed by atoms with E-state index in [1.807, 2.05) is 0 Å². The average Bonchev–Trinajstić information content (AvgIpc) is 2.29. The van der Waals surface area contributed by atoms with Crippen LogP contribution in [0.4, 0.5) is 4.39 Å². The van der Waals surface area contributed by atoms with Gasteiger partial charge in [-0.3, -0.25) is 10.1 Å². The number of carboxylic acid groups (broad SMARTS) is 1. The van der Waals surface area contributed by atoms with Crippen molar-refractivity contribution < 1.29 is 14.3 Å². The van der Waals surface area contributed by atoms with E-state index in [1.54, 1.807) is 20.8 Å². The van der Waals surface area contributed by atoms with Crippen LogP contribution in [0.1, 0.15) is 32.4 Å². The molecule has 0 radical (unpaired) electrons. The second-order valence-corrected chi connectivity index (χ2v) is 5.55. The van der Waals surface area contributed by atoms with Crippen LogP contribution in [0.15, 0.2) is 12.1 Å². The molecule has 3 nitrogen and oxygen atoms in total. The lowest BCUT2D eigenvalue weighted by Gasteiger charge is -2.24. The lowest BCUT2D eigenvalue weighted by Crippen LogP contribution is -2.42. The lowest BCUT2D eigenvalue weighted by molar-refractivity contribution is -0.140. The van der Waals surface area contributed by atoms with Crippen LogP contribution in [0.3, 0.4) is 0 Å². The van der Waals surface area contributed by atoms with Crippen molar-refractivity contribution in [2.24, 2.45) is 5.92 Å². The molecule has 0 amide bonds. The Kier molecular flexibility index (Phi) is 5.59. The summed E-state index contributed by atoms with van der Waals surface area (Å²) in [5, 5.41) is 12.3. The molecule has 0 aliphatic carbocycles. The zero-order valence-electron chi connectivity index (χ0n) is 10.9. The fourth-order valence-electron chi connectivity index (χ4n) is 1.78. The first kappa shape index (κ1) is 16.2. The molecule has 2 unspecified atom stereocenters. The Labute approximate surface area is 121 Å². The number of rotatable bonds is 5. The van der Waals surface area contributed by atoms with Crippen molar-refractivity contribution in [1.82, 2.24) is 5.32 Å². The number of halogens is 3. The van der Waals surface area contributed by atoms with Gasteiger partial charge in [-0.15, -0.1) is 0 Å². The molecule has 0 bridgehead atoms. The minimum atomic E-state index is -0.951. The second kappa shape index (κ2) is 6.55. The van der Waals surface area contributed by atoms with Gasteiger partial charge in [0.15, 0.2) is 0 Å². The first-order valence-electron chi connectivity index (χ1n) is 5.87. The standard InChI is InChI=1S/C13H16Cl2FNO2/c1-6(2)12(13(18)19)17-7(3)8-4-11(16)10(15)5-9(8)14/h4-7,12,17H,1-3H3,(H,18,19). The van der Waals surface area contributed by atoms with E-state index in [0.717, 1.165) is 0 Å². The highest BCUT2D eigenvalue weighted by Gasteiger charge is 2.24. The summed E-state index contributed by atoms with van der Waals surface area (Å²) in [5.41, 5.74) is 0.482. The summed E-state index contributed by atoms with van der Waals surface area (Å²) >= 11 is 11.6. The van der Waals surface area contributed by atoms with Crippen molar-refractivity contribution >= 4 is 29.2 Å². The molecule has 6 heteroatoms. The molecule has 1 aromatic carbocycles. The molecule has 2 N–H and O–H groups in total. The van der Waals surface area contributed by atoms with E-state index in [9.17, 15) is 9.18 Å². The van der Waals surface area contributed by atoms with Gasteiger partial charge in [-0.25, -0.2) is 4.39 Å². The van der Waals surface area contributed by atoms with Gasteiger partial charge in [-0.05, 0) is 30.5 Å². The monoisotopic (exact) mass is 307 g/mol. The second-order valence-electron chi connectivity index (χ2n) is 4.74. The zero-order valence-corrected chi connectivity index (χ0v) is 12.4. The van der Waals surface area contributed by atoms with Gasteiger partial charge >= 0.3 is 5.97 Å². The Morgan fingerprint density at radius 3 is 2.32 bits per heavy atom. The van der Waals surface area contributed by atoms with Crippen LogP contribution in [0.25, 0.3) is 0 Å². The third kappa shape index (κ3) is 4.06. The van der Waals surface area contributed by atoms with Crippen molar-refractivity contribution in [3.63, 3.8) is 0 Å². The fraction of sp³-hybridized carbons (Fsp3) is 0.462. The molecule has 0 fully saturated rings. The largest absolute Gasteiger partial charge is 0.480 e. The van der Waals surface area contributed by atoms with Crippen LogP contribution in [0.2, 0.25) is 10.0 Å². The van der Waals surface area contributed by atoms with Crippen LogP contribution in [0, 0.1) is 11.7 Å². The minimum Gasteiger partial charge on any atom is -0.480 e. The van der Waals surface area contributed by atoms with Gasteiger partial charge in [0.05, 0.1) is 5.02 Å². The summed E-state index contributed by atoms with van der Waals surface area (Å²) in [6.07, 6.45) is 0. The van der Waals surface area contributed by atoms with E-state index < -0.39 is 23.9 Å². The van der Waals surface area contributed by atoms with Gasteiger partial charge in [0.25, 0.3) is 0 Å². The van der Waals surface area contributed by atoms with E-state index in [-0.39, 0.29) is 10.9 Å². The quantitative estimate of drug-likeness (QED) is 0.811. The first-order valence-corrected chi connectivity index (χ1v) is 6.63. The van der Waals surface area contributed by atoms with E-state index in [2.05, 4.69) is 5.32 Å². The van der Waals surface area contributed by atoms with Gasteiger partial charge in [0.2, 0.25) is 0 Å². The average molecular weight is 308 g/mol. The molecule has 0 heterocycles. The molecule has 19 heavy (non-hydrogen) atoms. The van der Waals surface area contributed by atoms with Gasteiger partial charge in [-0.2, -0.15) is 0 Å². The third-order valence-corrected chi connectivity index (χ3v) is 3.49. The van der Waals surface area contributed by atoms with E-state index in [4.69, 9.17) is 28.3 Å². The van der Waals surface area contributed by atoms with Crippen molar-refractivity contribution in [2.75, 3.05) is 0 Å². The fourth-order valence-corrected chi connectivity index (χ4v) is 2.32. The van der Waals surface area contributed by atoms with E-state index in [1.165, 1.54) is 12.1 Å². The van der Waals surface area contributed by atoms with E-state index >= 15 is 0 Å². The molecule has 0 aliphatic heterocycles. The topological polar surface area (TPSA) is 49.3 Å². The maximum atomic E-state index is 13.4. The predicted molar refractivity (Wildman–Crippen MR) is 74.2 cm³/mol. The van der Waals surface area contributed by atoms with Crippen molar-refractivity contribution in [3.8, 4) is 0 Å². The van der Waals surface area contributed by atoms with Crippen LogP contribution in [-0.4, -0.2) is 17.1 Å². The molecule has 0 aliphatic rings. The molecule has 1 rings (SSSR count). The van der Waals surface area contributed by atoms with Crippen molar-refractivity contribution in [3.05, 3.63) is 33.6 Å². The summed E-state index contributed by atoms with van der Waals surface area (Å²) in [4.78, 5) is 11.1. The summed E-state index contributed by atoms with van der Waals surface area (Å²) in [6.45, 7) is 5.32. The van der Waals surface area contributed by atoms with Gasteiger partial charge < -0.3 is 5.11 Å². The number of nitrogens with one attached hydrogen (secondary N) is 1. The Hall–Kier alpha value is -0.840. The minimum absolute atomic E-state index is 0.0559. The maximum absolute atomic E-state index is 13.4. The van der Waals surface area contributed by atoms with Crippen molar-refractivity contribution in [1.29, 1.82) is 0 Å². The normalized spacial score (nSPS) is 14.5. The van der Waals surface area contributed by atoms with Crippen LogP contribution >= 0.6 is 23.2 Å². The first-order chi connectivity index (χ1) is 8.73. The molecule has 0 spiro atoms. The Bertz CT molecular complexity index is 480. The number of hydrogen-bond donors (Lipinski definition) is 2. The number of hydrogen-bond acceptors (Lipinski definition) is 2. The molecular weight excluding hydrogens is 292 g/mol. The Balaban J connectivity index is 2.97. The van der Waals surface area contributed by atoms with Crippen LogP contribution in [0.5, 0.6) is 0 Å². The molecular formula is C13H16Cl2FNO2. The van der Waals surface area contributed by atoms with Gasteiger partial charge in [0.1, 0.15) is 11.9 Å². The highest BCUT2D eigenvalue weighted by Crippen LogP contribution is 2.29. The zero-order chi connectivity index (χ0) is 14.7. The molecule has 0 saturated carbocycles. The highest BCUT2D eigenvalue weighted by atomic mass is 35.5. The van der Waals surface area contributed by atoms with E-state index in [0.29, 0.717) is 10.6 Å². The number of benzene rings is 1. The number of carbonyl (C=O) groups is 1. The predicted octanol–water partition coefficient (Wildman–Crippen LogP) is 3.89. The smallest absolute Gasteiger partial charge is 0.320 e. The lowest BCUT2D eigenvalue weighted by atomic mass is 10.0. The summed E-state index contributed by atoms with van der Waals surface area (Å²) in [6, 6.07) is 1.41.